The van der Waals surface area contributed by atoms with E-state index in [0.29, 0.717) is 5.69 Å². The van der Waals surface area contributed by atoms with Gasteiger partial charge in [-0.3, -0.25) is 4.79 Å². The zero-order chi connectivity index (χ0) is 12.0. The van der Waals surface area contributed by atoms with E-state index in [2.05, 4.69) is 15.8 Å². The SMILES string of the molecule is CC(=O)/C(C)=N\NC(=O)Nc1ccccc1. The van der Waals surface area contributed by atoms with Gasteiger partial charge in [0.05, 0.1) is 0 Å². The van der Waals surface area contributed by atoms with Gasteiger partial charge in [0, 0.05) is 12.6 Å². The van der Waals surface area contributed by atoms with Crippen LogP contribution in [-0.4, -0.2) is 17.5 Å². The van der Waals surface area contributed by atoms with Gasteiger partial charge in [0.1, 0.15) is 5.71 Å². The van der Waals surface area contributed by atoms with Crippen molar-refractivity contribution in [1.29, 1.82) is 0 Å². The maximum atomic E-state index is 11.3. The molecule has 2 N–H and O–H groups in total. The van der Waals surface area contributed by atoms with Gasteiger partial charge < -0.3 is 5.32 Å². The lowest BCUT2D eigenvalue weighted by molar-refractivity contribution is -0.111. The summed E-state index contributed by atoms with van der Waals surface area (Å²) in [6.45, 7) is 2.92. The Hall–Kier alpha value is -2.17. The highest BCUT2D eigenvalue weighted by Gasteiger charge is 2.01. The van der Waals surface area contributed by atoms with Crippen LogP contribution in [0.3, 0.4) is 0 Å². The van der Waals surface area contributed by atoms with Crippen molar-refractivity contribution in [3.8, 4) is 0 Å². The number of carbonyl (C=O) groups is 2. The molecule has 1 aromatic rings. The highest BCUT2D eigenvalue weighted by molar-refractivity contribution is 6.38. The average Bonchev–Trinajstić information content (AvgIpc) is 2.27. The summed E-state index contributed by atoms with van der Waals surface area (Å²) >= 11 is 0. The Bertz CT molecular complexity index is 412. The Balaban J connectivity index is 2.49. The topological polar surface area (TPSA) is 70.6 Å². The molecule has 0 aliphatic carbocycles. The number of rotatable bonds is 3. The number of anilines is 1. The summed E-state index contributed by atoms with van der Waals surface area (Å²) in [5, 5.41) is 6.19. The zero-order valence-corrected chi connectivity index (χ0v) is 9.15. The lowest BCUT2D eigenvalue weighted by Gasteiger charge is -2.03. The Morgan fingerprint density at radius 1 is 1.12 bits per heavy atom. The number of nitrogens with one attached hydrogen (secondary N) is 2. The number of hydrogen-bond acceptors (Lipinski definition) is 3. The molecule has 0 saturated carbocycles. The molecule has 5 heteroatoms. The van der Waals surface area contributed by atoms with E-state index >= 15 is 0 Å². The van der Waals surface area contributed by atoms with Crippen LogP contribution in [0.1, 0.15) is 13.8 Å². The molecule has 2 amide bonds. The molecule has 0 radical (unpaired) electrons. The number of ketones is 1. The Morgan fingerprint density at radius 3 is 2.31 bits per heavy atom. The van der Waals surface area contributed by atoms with E-state index in [9.17, 15) is 9.59 Å². The summed E-state index contributed by atoms with van der Waals surface area (Å²) in [5.74, 6) is -0.181. The van der Waals surface area contributed by atoms with Crippen LogP contribution in [0.5, 0.6) is 0 Å². The van der Waals surface area contributed by atoms with Crippen LogP contribution in [0.25, 0.3) is 0 Å². The molecule has 0 spiro atoms. The fraction of sp³-hybridized carbons (Fsp3) is 0.182. The molecule has 16 heavy (non-hydrogen) atoms. The van der Waals surface area contributed by atoms with Crippen molar-refractivity contribution in [3.63, 3.8) is 0 Å². The third-order valence-corrected chi connectivity index (χ3v) is 1.87. The minimum absolute atomic E-state index is 0.181. The minimum atomic E-state index is -0.480. The minimum Gasteiger partial charge on any atom is -0.307 e. The fourth-order valence-electron chi connectivity index (χ4n) is 0.894. The highest BCUT2D eigenvalue weighted by Crippen LogP contribution is 2.03. The van der Waals surface area contributed by atoms with E-state index in [4.69, 9.17) is 0 Å². The van der Waals surface area contributed by atoms with Crippen molar-refractivity contribution >= 4 is 23.2 Å². The van der Waals surface area contributed by atoms with E-state index in [-0.39, 0.29) is 11.5 Å². The molecule has 1 aromatic carbocycles. The van der Waals surface area contributed by atoms with Gasteiger partial charge in [0.15, 0.2) is 5.78 Å². The van der Waals surface area contributed by atoms with E-state index < -0.39 is 6.03 Å². The first-order valence-electron chi connectivity index (χ1n) is 4.77. The molecule has 0 bridgehead atoms. The van der Waals surface area contributed by atoms with Crippen LogP contribution >= 0.6 is 0 Å². The summed E-state index contributed by atoms with van der Waals surface area (Å²) in [6, 6.07) is 8.48. The van der Waals surface area contributed by atoms with Gasteiger partial charge in [0.2, 0.25) is 0 Å². The van der Waals surface area contributed by atoms with Gasteiger partial charge in [0.25, 0.3) is 0 Å². The lowest BCUT2D eigenvalue weighted by Crippen LogP contribution is -2.26. The van der Waals surface area contributed by atoms with Crippen molar-refractivity contribution < 1.29 is 9.59 Å². The average molecular weight is 219 g/mol. The van der Waals surface area contributed by atoms with Gasteiger partial charge in [-0.05, 0) is 19.1 Å². The molecule has 0 atom stereocenters. The second-order valence-electron chi connectivity index (χ2n) is 3.19. The predicted molar refractivity (Wildman–Crippen MR) is 62.4 cm³/mol. The number of carbonyl (C=O) groups excluding carboxylic acids is 2. The van der Waals surface area contributed by atoms with Crippen LogP contribution < -0.4 is 10.7 Å². The molecule has 0 aliphatic rings. The molecule has 1 rings (SSSR count). The number of Topliss-reactive ketones (excluding diaryl/α,β-unsaturated/α-hetero) is 1. The van der Waals surface area contributed by atoms with Gasteiger partial charge in [-0.25, -0.2) is 10.2 Å². The van der Waals surface area contributed by atoms with Crippen LogP contribution in [-0.2, 0) is 4.79 Å². The van der Waals surface area contributed by atoms with Crippen LogP contribution in [0.4, 0.5) is 10.5 Å². The van der Waals surface area contributed by atoms with Gasteiger partial charge >= 0.3 is 6.03 Å². The number of benzene rings is 1. The highest BCUT2D eigenvalue weighted by atomic mass is 16.2. The number of hydrogen-bond donors (Lipinski definition) is 2. The second-order valence-corrected chi connectivity index (χ2v) is 3.19. The largest absolute Gasteiger partial charge is 0.339 e. The fourth-order valence-corrected chi connectivity index (χ4v) is 0.894. The van der Waals surface area contributed by atoms with Crippen molar-refractivity contribution in [1.82, 2.24) is 5.43 Å². The molecule has 0 heterocycles. The predicted octanol–water partition coefficient (Wildman–Crippen LogP) is 1.77. The van der Waals surface area contributed by atoms with Crippen LogP contribution in [0.15, 0.2) is 35.4 Å². The third kappa shape index (κ3) is 3.91. The monoisotopic (exact) mass is 219 g/mol. The molecule has 0 aliphatic heterocycles. The normalized spacial score (nSPS) is 10.8. The Morgan fingerprint density at radius 2 is 1.75 bits per heavy atom. The van der Waals surface area contributed by atoms with E-state index in [1.165, 1.54) is 13.8 Å². The van der Waals surface area contributed by atoms with Crippen molar-refractivity contribution in [2.45, 2.75) is 13.8 Å². The first-order valence-corrected chi connectivity index (χ1v) is 4.77. The summed E-state index contributed by atoms with van der Waals surface area (Å²) in [6.07, 6.45) is 0. The lowest BCUT2D eigenvalue weighted by atomic mass is 10.3. The number of amides is 2. The van der Waals surface area contributed by atoms with Gasteiger partial charge in [-0.1, -0.05) is 18.2 Å². The molecular formula is C11H13N3O2. The van der Waals surface area contributed by atoms with Crippen molar-refractivity contribution in [3.05, 3.63) is 30.3 Å². The first-order chi connectivity index (χ1) is 7.59. The van der Waals surface area contributed by atoms with E-state index in [1.807, 2.05) is 6.07 Å². The third-order valence-electron chi connectivity index (χ3n) is 1.87. The number of urea groups is 1. The zero-order valence-electron chi connectivity index (χ0n) is 9.15. The Kier molecular flexibility index (Phi) is 4.20. The summed E-state index contributed by atoms with van der Waals surface area (Å²) in [4.78, 5) is 22.1. The Labute approximate surface area is 93.5 Å². The molecule has 0 saturated heterocycles. The molecule has 5 nitrogen and oxygen atoms in total. The van der Waals surface area contributed by atoms with Crippen LogP contribution in [0, 0.1) is 0 Å². The maximum absolute atomic E-state index is 11.3. The van der Waals surface area contributed by atoms with E-state index in [0.717, 1.165) is 0 Å². The smallest absolute Gasteiger partial charge is 0.307 e. The summed E-state index contributed by atoms with van der Waals surface area (Å²) in [7, 11) is 0. The summed E-state index contributed by atoms with van der Waals surface area (Å²) in [5.41, 5.74) is 3.14. The van der Waals surface area contributed by atoms with Gasteiger partial charge in [-0.2, -0.15) is 5.10 Å². The molecule has 0 unspecified atom stereocenters. The molecule has 84 valence electrons. The maximum Gasteiger partial charge on any atom is 0.339 e. The number of para-hydroxylation sites is 1. The second kappa shape index (κ2) is 5.65. The standard InChI is InChI=1S/C11H13N3O2/c1-8(9(2)15)13-14-11(16)12-10-6-4-3-5-7-10/h3-7H,1-2H3,(H2,12,14,16)/b13-8-. The summed E-state index contributed by atoms with van der Waals surface area (Å²) < 4.78 is 0. The van der Waals surface area contributed by atoms with Gasteiger partial charge in [-0.15, -0.1) is 0 Å². The number of hydrazone groups is 1. The van der Waals surface area contributed by atoms with E-state index in [1.54, 1.807) is 24.3 Å². The van der Waals surface area contributed by atoms with Crippen molar-refractivity contribution in [2.75, 3.05) is 5.32 Å². The molecule has 0 aromatic heterocycles. The number of nitrogens with zero attached hydrogens (tertiary/aromatic N) is 1. The molecule has 0 fully saturated rings. The molecular weight excluding hydrogens is 206 g/mol. The van der Waals surface area contributed by atoms with Crippen LogP contribution in [0.2, 0.25) is 0 Å². The quantitative estimate of drug-likeness (QED) is 0.600. The first kappa shape index (κ1) is 11.9. The van der Waals surface area contributed by atoms with Crippen molar-refractivity contribution in [2.24, 2.45) is 5.10 Å².